The van der Waals surface area contributed by atoms with Gasteiger partial charge in [-0.05, 0) is 37.3 Å². The van der Waals surface area contributed by atoms with E-state index in [1.807, 2.05) is 0 Å². The molecule has 0 spiro atoms. The normalized spacial score (nSPS) is 27.6. The first-order chi connectivity index (χ1) is 10.0. The van der Waals surface area contributed by atoms with E-state index >= 15 is 0 Å². The number of halogens is 2. The van der Waals surface area contributed by atoms with Crippen LogP contribution in [-0.2, 0) is 11.2 Å². The summed E-state index contributed by atoms with van der Waals surface area (Å²) >= 11 is 6.14. The molecule has 21 heavy (non-hydrogen) atoms. The lowest BCUT2D eigenvalue weighted by Gasteiger charge is -2.44. The molecule has 5 heteroatoms. The molecular weight excluding hydrogens is 291 g/mol. The predicted molar refractivity (Wildman–Crippen MR) is 83.6 cm³/mol. The molecule has 0 bridgehead atoms. The van der Waals surface area contributed by atoms with Crippen molar-refractivity contribution in [1.82, 2.24) is 5.43 Å². The summed E-state index contributed by atoms with van der Waals surface area (Å²) < 4.78 is 19.9. The average Bonchev–Trinajstić information content (AvgIpc) is 2.47. The second-order valence-electron chi connectivity index (χ2n) is 6.09. The third kappa shape index (κ3) is 3.57. The Hall–Kier alpha value is -0.680. The van der Waals surface area contributed by atoms with Crippen LogP contribution in [0.25, 0.3) is 0 Å². The minimum Gasteiger partial charge on any atom is -0.377 e. The number of benzene rings is 1. The van der Waals surface area contributed by atoms with Crippen molar-refractivity contribution in [1.29, 1.82) is 0 Å². The fraction of sp³-hybridized carbons (Fsp3) is 0.625. The topological polar surface area (TPSA) is 47.3 Å². The van der Waals surface area contributed by atoms with E-state index in [-0.39, 0.29) is 17.5 Å². The highest BCUT2D eigenvalue weighted by Crippen LogP contribution is 2.38. The molecule has 1 saturated carbocycles. The maximum atomic E-state index is 14.0. The van der Waals surface area contributed by atoms with Crippen LogP contribution in [0.15, 0.2) is 18.2 Å². The van der Waals surface area contributed by atoms with Crippen LogP contribution >= 0.6 is 11.6 Å². The lowest BCUT2D eigenvalue weighted by molar-refractivity contribution is -0.0792. The summed E-state index contributed by atoms with van der Waals surface area (Å²) in [6.07, 6.45) is 4.56. The van der Waals surface area contributed by atoms with Crippen molar-refractivity contribution < 1.29 is 9.13 Å². The number of nitrogens with two attached hydrogens (primary N) is 1. The third-order valence-corrected chi connectivity index (χ3v) is 5.06. The van der Waals surface area contributed by atoms with Gasteiger partial charge in [-0.1, -0.05) is 37.4 Å². The monoisotopic (exact) mass is 314 g/mol. The molecule has 0 radical (unpaired) electrons. The third-order valence-electron chi connectivity index (χ3n) is 4.70. The first-order valence-electron chi connectivity index (χ1n) is 7.46. The molecule has 0 aliphatic heterocycles. The highest BCUT2D eigenvalue weighted by molar-refractivity contribution is 6.31. The summed E-state index contributed by atoms with van der Waals surface area (Å²) in [4.78, 5) is 0. The van der Waals surface area contributed by atoms with E-state index in [1.165, 1.54) is 12.5 Å². The Morgan fingerprint density at radius 3 is 2.90 bits per heavy atom. The zero-order valence-corrected chi connectivity index (χ0v) is 13.4. The minimum absolute atomic E-state index is 0.167. The summed E-state index contributed by atoms with van der Waals surface area (Å²) in [7, 11) is 1.71. The number of nitrogens with one attached hydrogen (secondary N) is 1. The summed E-state index contributed by atoms with van der Waals surface area (Å²) in [6.45, 7) is 2.22. The van der Waals surface area contributed by atoms with Crippen LogP contribution in [0, 0.1) is 11.7 Å². The smallest absolute Gasteiger partial charge is 0.127 e. The first kappa shape index (κ1) is 16.7. The van der Waals surface area contributed by atoms with Gasteiger partial charge in [0.1, 0.15) is 5.82 Å². The SMILES string of the molecule is COC1(C(Cc2c(F)cccc2Cl)NN)CCCC(C)C1. The molecule has 1 aromatic rings. The lowest BCUT2D eigenvalue weighted by atomic mass is 9.73. The number of hydrogen-bond acceptors (Lipinski definition) is 3. The average molecular weight is 315 g/mol. The molecule has 0 saturated heterocycles. The molecule has 1 aliphatic rings. The maximum Gasteiger partial charge on any atom is 0.127 e. The Balaban J connectivity index is 2.26. The Morgan fingerprint density at radius 2 is 2.33 bits per heavy atom. The highest BCUT2D eigenvalue weighted by Gasteiger charge is 2.42. The molecule has 118 valence electrons. The molecule has 0 aromatic heterocycles. The number of hydrazine groups is 1. The minimum atomic E-state index is -0.363. The van der Waals surface area contributed by atoms with Crippen LogP contribution in [0.1, 0.15) is 38.2 Å². The molecule has 1 aromatic carbocycles. The Morgan fingerprint density at radius 1 is 1.57 bits per heavy atom. The second-order valence-corrected chi connectivity index (χ2v) is 6.50. The van der Waals surface area contributed by atoms with Gasteiger partial charge in [0.2, 0.25) is 0 Å². The largest absolute Gasteiger partial charge is 0.377 e. The zero-order valence-electron chi connectivity index (χ0n) is 12.7. The molecule has 0 heterocycles. The van der Waals surface area contributed by atoms with Crippen molar-refractivity contribution in [2.24, 2.45) is 11.8 Å². The molecule has 3 N–H and O–H groups in total. The number of methoxy groups -OCH3 is 1. The van der Waals surface area contributed by atoms with Crippen molar-refractivity contribution in [3.8, 4) is 0 Å². The predicted octanol–water partition coefficient (Wildman–Crippen LogP) is 3.45. The van der Waals surface area contributed by atoms with Crippen molar-refractivity contribution in [3.05, 3.63) is 34.6 Å². The first-order valence-corrected chi connectivity index (χ1v) is 7.84. The van der Waals surface area contributed by atoms with Crippen molar-refractivity contribution in [3.63, 3.8) is 0 Å². The zero-order chi connectivity index (χ0) is 15.5. The number of ether oxygens (including phenoxy) is 1. The maximum absolute atomic E-state index is 14.0. The van der Waals surface area contributed by atoms with Crippen molar-refractivity contribution in [2.45, 2.75) is 50.7 Å². The molecule has 1 fully saturated rings. The summed E-state index contributed by atoms with van der Waals surface area (Å²) in [5, 5.41) is 0.436. The number of hydrogen-bond donors (Lipinski definition) is 2. The van der Waals surface area contributed by atoms with Gasteiger partial charge in [-0.15, -0.1) is 0 Å². The Labute approximate surface area is 131 Å². The van der Waals surface area contributed by atoms with Crippen molar-refractivity contribution in [2.75, 3.05) is 7.11 Å². The number of rotatable bonds is 5. The molecular formula is C16H24ClFN2O. The van der Waals surface area contributed by atoms with E-state index in [1.54, 1.807) is 19.2 Å². The van der Waals surface area contributed by atoms with Crippen LogP contribution in [0.2, 0.25) is 5.02 Å². The molecule has 3 nitrogen and oxygen atoms in total. The Kier molecular flexibility index (Phi) is 5.60. The van der Waals surface area contributed by atoms with Gasteiger partial charge in [-0.25, -0.2) is 4.39 Å². The molecule has 3 atom stereocenters. The van der Waals surface area contributed by atoms with Gasteiger partial charge in [0.15, 0.2) is 0 Å². The fourth-order valence-electron chi connectivity index (χ4n) is 3.52. The molecule has 3 unspecified atom stereocenters. The van der Waals surface area contributed by atoms with Crippen LogP contribution in [0.5, 0.6) is 0 Å². The van der Waals surface area contributed by atoms with Gasteiger partial charge in [0, 0.05) is 17.7 Å². The van der Waals surface area contributed by atoms with Crippen LogP contribution in [0.4, 0.5) is 4.39 Å². The van der Waals surface area contributed by atoms with Gasteiger partial charge in [-0.2, -0.15) is 0 Å². The molecule has 1 aliphatic carbocycles. The van der Waals surface area contributed by atoms with Gasteiger partial charge < -0.3 is 4.74 Å². The van der Waals surface area contributed by atoms with Gasteiger partial charge in [-0.3, -0.25) is 11.3 Å². The van der Waals surface area contributed by atoms with Crippen LogP contribution in [0.3, 0.4) is 0 Å². The summed E-state index contributed by atoms with van der Waals surface area (Å²) in [5.74, 6) is 6.04. The van der Waals surface area contributed by atoms with Crippen molar-refractivity contribution >= 4 is 11.6 Å². The fourth-order valence-corrected chi connectivity index (χ4v) is 3.76. The van der Waals surface area contributed by atoms with E-state index in [9.17, 15) is 4.39 Å². The standard InChI is InChI=1S/C16H24ClFN2O/c1-11-5-4-8-16(10-11,21-2)15(20-19)9-12-13(17)6-3-7-14(12)18/h3,6-7,11,15,20H,4-5,8-10,19H2,1-2H3. The van der Waals surface area contributed by atoms with Crippen LogP contribution < -0.4 is 11.3 Å². The molecule has 0 amide bonds. The Bertz CT molecular complexity index is 465. The van der Waals surface area contributed by atoms with E-state index < -0.39 is 0 Å². The van der Waals surface area contributed by atoms with Gasteiger partial charge >= 0.3 is 0 Å². The highest BCUT2D eigenvalue weighted by atomic mass is 35.5. The van der Waals surface area contributed by atoms with E-state index in [4.69, 9.17) is 22.2 Å². The van der Waals surface area contributed by atoms with Crippen LogP contribution in [-0.4, -0.2) is 18.8 Å². The van der Waals surface area contributed by atoms with E-state index in [2.05, 4.69) is 12.3 Å². The van der Waals surface area contributed by atoms with E-state index in [0.29, 0.717) is 22.9 Å². The quantitative estimate of drug-likeness (QED) is 0.646. The summed E-state index contributed by atoms with van der Waals surface area (Å²) in [6, 6.07) is 4.58. The van der Waals surface area contributed by atoms with Gasteiger partial charge in [0.05, 0.1) is 11.6 Å². The summed E-state index contributed by atoms with van der Waals surface area (Å²) in [5.41, 5.74) is 2.97. The van der Waals surface area contributed by atoms with E-state index in [0.717, 1.165) is 19.3 Å². The van der Waals surface area contributed by atoms with Gasteiger partial charge in [0.25, 0.3) is 0 Å². The lowest BCUT2D eigenvalue weighted by Crippen LogP contribution is -2.57. The second kappa shape index (κ2) is 7.05. The molecule has 2 rings (SSSR count).